The Balaban J connectivity index is 4.16. The highest BCUT2D eigenvalue weighted by molar-refractivity contribution is 7.47. The van der Waals surface area contributed by atoms with Crippen LogP contribution in [0.1, 0.15) is 206 Å². The quantitative estimate of drug-likeness (QED) is 0.0374. The number of phosphoric ester groups is 1. The highest BCUT2D eigenvalue weighted by atomic mass is 31.2. The first-order valence-corrected chi connectivity index (χ1v) is 21.6. The summed E-state index contributed by atoms with van der Waals surface area (Å²) in [5, 5.41) is 13.7. The molecule has 47 heavy (non-hydrogen) atoms. The zero-order valence-electron chi connectivity index (χ0n) is 31.0. The Morgan fingerprint density at radius 3 is 1.36 bits per heavy atom. The number of carbonyl (C=O) groups excluding carboxylic acids is 1. The maximum Gasteiger partial charge on any atom is 0.472 e. The molecule has 282 valence electrons. The van der Waals surface area contributed by atoms with Crippen molar-refractivity contribution in [3.05, 3.63) is 0 Å². The molecule has 0 heterocycles. The molecule has 0 bridgehead atoms. The first-order valence-electron chi connectivity index (χ1n) is 20.2. The second-order valence-corrected chi connectivity index (χ2v) is 15.3. The number of nitrogens with one attached hydrogen (secondary N) is 1. The highest BCUT2D eigenvalue weighted by Gasteiger charge is 2.27. The fraction of sp³-hybridized carbons (Fsp3) is 0.974. The number of hydrogen-bond donors (Lipinski definition) is 4. The van der Waals surface area contributed by atoms with Gasteiger partial charge in [0.2, 0.25) is 5.91 Å². The summed E-state index contributed by atoms with van der Waals surface area (Å²) in [6, 6.07) is -0.766. The van der Waals surface area contributed by atoms with E-state index >= 15 is 0 Å². The largest absolute Gasteiger partial charge is 0.472 e. The zero-order chi connectivity index (χ0) is 34.7. The van der Waals surface area contributed by atoms with Crippen LogP contribution in [0.4, 0.5) is 0 Å². The Kier molecular flexibility index (Phi) is 35.0. The Morgan fingerprint density at radius 2 is 0.979 bits per heavy atom. The standard InChI is InChI=1S/C38H79N2O6P/c1-3-5-7-9-11-13-15-17-18-19-20-22-24-26-28-30-32-38(42)40-36(35-46-47(43,44)45-34-33-39)37(41)31-29-27-25-23-21-16-14-12-10-8-6-4-2/h36-37,41H,3-35,39H2,1-2H3,(H,40,42)(H,43,44). The molecule has 0 saturated carbocycles. The summed E-state index contributed by atoms with van der Waals surface area (Å²) < 4.78 is 22.1. The van der Waals surface area contributed by atoms with Crippen molar-refractivity contribution in [1.29, 1.82) is 0 Å². The Morgan fingerprint density at radius 1 is 0.617 bits per heavy atom. The van der Waals surface area contributed by atoms with Gasteiger partial charge in [0.05, 0.1) is 25.4 Å². The minimum absolute atomic E-state index is 0.0922. The lowest BCUT2D eigenvalue weighted by atomic mass is 10.0. The minimum atomic E-state index is -4.30. The molecule has 0 spiro atoms. The van der Waals surface area contributed by atoms with Crippen molar-refractivity contribution >= 4 is 13.7 Å². The molecule has 0 rings (SSSR count). The third-order valence-corrected chi connectivity index (χ3v) is 10.2. The van der Waals surface area contributed by atoms with Gasteiger partial charge in [0.1, 0.15) is 0 Å². The average molecular weight is 691 g/mol. The molecule has 0 aromatic heterocycles. The topological polar surface area (TPSA) is 131 Å². The van der Waals surface area contributed by atoms with E-state index in [1.54, 1.807) is 0 Å². The van der Waals surface area contributed by atoms with Crippen LogP contribution in [-0.4, -0.2) is 47.8 Å². The number of nitrogens with two attached hydrogens (primary N) is 1. The monoisotopic (exact) mass is 691 g/mol. The van der Waals surface area contributed by atoms with Crippen molar-refractivity contribution < 1.29 is 28.4 Å². The van der Waals surface area contributed by atoms with E-state index in [9.17, 15) is 19.4 Å². The summed E-state index contributed by atoms with van der Waals surface area (Å²) in [4.78, 5) is 22.6. The van der Waals surface area contributed by atoms with Crippen LogP contribution in [0, 0.1) is 0 Å². The first kappa shape index (κ1) is 46.5. The van der Waals surface area contributed by atoms with Gasteiger partial charge in [-0.3, -0.25) is 13.8 Å². The molecule has 0 aliphatic rings. The van der Waals surface area contributed by atoms with Gasteiger partial charge in [-0.1, -0.05) is 187 Å². The van der Waals surface area contributed by atoms with E-state index in [0.717, 1.165) is 38.5 Å². The number of aliphatic hydroxyl groups is 1. The fourth-order valence-corrected chi connectivity index (χ4v) is 6.90. The van der Waals surface area contributed by atoms with Gasteiger partial charge in [0.15, 0.2) is 0 Å². The summed E-state index contributed by atoms with van der Waals surface area (Å²) in [5.41, 5.74) is 5.36. The third kappa shape index (κ3) is 33.8. The third-order valence-electron chi connectivity index (χ3n) is 9.21. The van der Waals surface area contributed by atoms with E-state index in [2.05, 4.69) is 19.2 Å². The molecule has 0 saturated heterocycles. The van der Waals surface area contributed by atoms with E-state index in [4.69, 9.17) is 14.8 Å². The molecular weight excluding hydrogens is 611 g/mol. The molecule has 5 N–H and O–H groups in total. The van der Waals surface area contributed by atoms with Gasteiger partial charge in [0, 0.05) is 13.0 Å². The second-order valence-electron chi connectivity index (χ2n) is 13.9. The summed E-state index contributed by atoms with van der Waals surface area (Å²) in [6.07, 6.45) is 35.3. The molecular formula is C38H79N2O6P. The molecule has 0 aromatic rings. The normalized spacial score (nSPS) is 14.2. The zero-order valence-corrected chi connectivity index (χ0v) is 31.9. The number of carbonyl (C=O) groups is 1. The van der Waals surface area contributed by atoms with Crippen molar-refractivity contribution in [2.75, 3.05) is 19.8 Å². The average Bonchev–Trinajstić information content (AvgIpc) is 3.05. The lowest BCUT2D eigenvalue weighted by molar-refractivity contribution is -0.123. The number of amides is 1. The molecule has 3 atom stereocenters. The molecule has 9 heteroatoms. The van der Waals surface area contributed by atoms with Crippen LogP contribution in [0.2, 0.25) is 0 Å². The molecule has 0 fully saturated rings. The SMILES string of the molecule is CCCCCCCCCCCCCCCCCCC(=O)NC(COP(=O)(O)OCCN)C(O)CCCCCCCCCCCCCC. The van der Waals surface area contributed by atoms with E-state index in [0.29, 0.717) is 12.8 Å². The van der Waals surface area contributed by atoms with Crippen molar-refractivity contribution in [2.45, 2.75) is 219 Å². The molecule has 1 amide bonds. The van der Waals surface area contributed by atoms with Crippen LogP contribution in [-0.2, 0) is 18.4 Å². The lowest BCUT2D eigenvalue weighted by Crippen LogP contribution is -2.46. The van der Waals surface area contributed by atoms with Crippen molar-refractivity contribution in [2.24, 2.45) is 5.73 Å². The summed E-state index contributed by atoms with van der Waals surface area (Å²) >= 11 is 0. The van der Waals surface area contributed by atoms with Crippen LogP contribution in [0.3, 0.4) is 0 Å². The fourth-order valence-electron chi connectivity index (χ4n) is 6.14. The van der Waals surface area contributed by atoms with Crippen LogP contribution in [0.5, 0.6) is 0 Å². The molecule has 0 aliphatic carbocycles. The maximum atomic E-state index is 12.7. The van der Waals surface area contributed by atoms with Crippen LogP contribution in [0.15, 0.2) is 0 Å². The summed E-state index contributed by atoms with van der Waals surface area (Å²) in [6.45, 7) is 4.21. The van der Waals surface area contributed by atoms with E-state index in [1.165, 1.54) is 141 Å². The highest BCUT2D eigenvalue weighted by Crippen LogP contribution is 2.43. The van der Waals surface area contributed by atoms with E-state index in [1.807, 2.05) is 0 Å². The van der Waals surface area contributed by atoms with Crippen molar-refractivity contribution in [3.8, 4) is 0 Å². The minimum Gasteiger partial charge on any atom is -0.391 e. The number of hydrogen-bond acceptors (Lipinski definition) is 6. The van der Waals surface area contributed by atoms with Gasteiger partial charge >= 0.3 is 7.82 Å². The molecule has 0 aromatic carbocycles. The predicted molar refractivity (Wildman–Crippen MR) is 199 cm³/mol. The summed E-state index contributed by atoms with van der Waals surface area (Å²) in [5.74, 6) is -0.159. The van der Waals surface area contributed by atoms with Crippen LogP contribution < -0.4 is 11.1 Å². The molecule has 3 unspecified atom stereocenters. The Hall–Kier alpha value is -0.500. The molecule has 0 aliphatic heterocycles. The van der Waals surface area contributed by atoms with Gasteiger partial charge in [-0.05, 0) is 12.8 Å². The van der Waals surface area contributed by atoms with Gasteiger partial charge in [-0.15, -0.1) is 0 Å². The van der Waals surface area contributed by atoms with Crippen LogP contribution in [0.25, 0.3) is 0 Å². The second kappa shape index (κ2) is 35.3. The maximum absolute atomic E-state index is 12.7. The van der Waals surface area contributed by atoms with E-state index < -0.39 is 20.0 Å². The van der Waals surface area contributed by atoms with Crippen LogP contribution >= 0.6 is 7.82 Å². The Bertz CT molecular complexity index is 714. The smallest absolute Gasteiger partial charge is 0.391 e. The number of rotatable bonds is 38. The number of unbranched alkanes of at least 4 members (excludes halogenated alkanes) is 26. The van der Waals surface area contributed by atoms with E-state index in [-0.39, 0.29) is 25.7 Å². The van der Waals surface area contributed by atoms with Gasteiger partial charge in [0.25, 0.3) is 0 Å². The first-order chi connectivity index (χ1) is 22.9. The lowest BCUT2D eigenvalue weighted by Gasteiger charge is -2.25. The predicted octanol–water partition coefficient (Wildman–Crippen LogP) is 10.7. The number of aliphatic hydroxyl groups excluding tert-OH is 1. The number of phosphoric acid groups is 1. The van der Waals surface area contributed by atoms with Gasteiger partial charge in [-0.25, -0.2) is 4.57 Å². The van der Waals surface area contributed by atoms with Gasteiger partial charge in [-0.2, -0.15) is 0 Å². The van der Waals surface area contributed by atoms with Crippen molar-refractivity contribution in [1.82, 2.24) is 5.32 Å². The summed E-state index contributed by atoms with van der Waals surface area (Å²) in [7, 11) is -4.30. The van der Waals surface area contributed by atoms with Crippen molar-refractivity contribution in [3.63, 3.8) is 0 Å². The van der Waals surface area contributed by atoms with Gasteiger partial charge < -0.3 is 21.1 Å². The molecule has 0 radical (unpaired) electrons. The Labute approximate surface area is 291 Å². The molecule has 8 nitrogen and oxygen atoms in total.